The molecule has 0 N–H and O–H groups in total. The Morgan fingerprint density at radius 1 is 1.03 bits per heavy atom. The molecule has 2 aromatic carbocycles. The Labute approximate surface area is 170 Å². The first-order valence-corrected chi connectivity index (χ1v) is 9.77. The third-order valence-electron chi connectivity index (χ3n) is 4.94. The van der Waals surface area contributed by atoms with Crippen LogP contribution in [0.4, 0.5) is 0 Å². The molecule has 0 spiro atoms. The molecule has 3 rings (SSSR count). The van der Waals surface area contributed by atoms with Crippen LogP contribution in [0.25, 0.3) is 0 Å². The summed E-state index contributed by atoms with van der Waals surface area (Å²) in [5.74, 6) is -1.06. The Morgan fingerprint density at radius 3 is 2.38 bits per heavy atom. The Hall–Kier alpha value is -2.99. The smallest absolute Gasteiger partial charge is 0.329 e. The number of carbonyl (C=O) groups excluding carboxylic acids is 3. The van der Waals surface area contributed by atoms with E-state index in [0.717, 1.165) is 5.56 Å². The van der Waals surface area contributed by atoms with E-state index in [2.05, 4.69) is 0 Å². The third-order valence-corrected chi connectivity index (χ3v) is 4.94. The second-order valence-electron chi connectivity index (χ2n) is 7.03. The molecule has 0 bridgehead atoms. The van der Waals surface area contributed by atoms with E-state index in [4.69, 9.17) is 9.47 Å². The van der Waals surface area contributed by atoms with Gasteiger partial charge in [-0.15, -0.1) is 0 Å². The van der Waals surface area contributed by atoms with E-state index in [0.29, 0.717) is 31.6 Å². The molecule has 2 atom stereocenters. The number of nitrogens with zero attached hydrogens (tertiary/aromatic N) is 1. The summed E-state index contributed by atoms with van der Waals surface area (Å²) in [5.41, 5.74) is 1.46. The number of rotatable bonds is 8. The van der Waals surface area contributed by atoms with Gasteiger partial charge in [-0.05, 0) is 25.3 Å². The molecular formula is C23H25NO5. The van der Waals surface area contributed by atoms with Crippen LogP contribution in [-0.2, 0) is 25.7 Å². The fourth-order valence-electron chi connectivity index (χ4n) is 3.32. The first-order chi connectivity index (χ1) is 14.1. The van der Waals surface area contributed by atoms with Crippen LogP contribution in [0.2, 0.25) is 0 Å². The number of likely N-dealkylation sites (tertiary alicyclic amines) is 1. The highest BCUT2D eigenvalue weighted by molar-refractivity contribution is 5.98. The minimum atomic E-state index is -0.672. The lowest BCUT2D eigenvalue weighted by Crippen LogP contribution is -2.46. The van der Waals surface area contributed by atoms with Crippen LogP contribution < -0.4 is 0 Å². The number of hydrogen-bond donors (Lipinski definition) is 0. The molecule has 1 heterocycles. The van der Waals surface area contributed by atoms with Gasteiger partial charge in [0.25, 0.3) is 5.91 Å². The minimum absolute atomic E-state index is 0.241. The van der Waals surface area contributed by atoms with Crippen LogP contribution in [0.15, 0.2) is 60.7 Å². The number of hydrogen-bond acceptors (Lipinski definition) is 5. The van der Waals surface area contributed by atoms with Gasteiger partial charge in [-0.2, -0.15) is 0 Å². The average molecular weight is 395 g/mol. The molecule has 1 fully saturated rings. The molecule has 1 aliphatic heterocycles. The van der Waals surface area contributed by atoms with Gasteiger partial charge in [-0.25, -0.2) is 4.79 Å². The molecule has 1 aliphatic rings. The Balaban J connectivity index is 1.52. The van der Waals surface area contributed by atoms with Gasteiger partial charge in [0, 0.05) is 12.1 Å². The molecule has 0 aromatic heterocycles. The molecule has 0 radical (unpaired) electrons. The predicted molar refractivity (Wildman–Crippen MR) is 107 cm³/mol. The summed E-state index contributed by atoms with van der Waals surface area (Å²) in [4.78, 5) is 38.9. The summed E-state index contributed by atoms with van der Waals surface area (Å²) in [6.07, 6.45) is 0.563. The van der Waals surface area contributed by atoms with Crippen molar-refractivity contribution in [3.05, 3.63) is 71.8 Å². The zero-order valence-electron chi connectivity index (χ0n) is 16.5. The number of amides is 1. The average Bonchev–Trinajstić information content (AvgIpc) is 3.26. The van der Waals surface area contributed by atoms with Crippen LogP contribution >= 0.6 is 0 Å². The van der Waals surface area contributed by atoms with Crippen molar-refractivity contribution in [2.24, 2.45) is 0 Å². The first kappa shape index (κ1) is 20.7. The Bertz CT molecular complexity index is 837. The van der Waals surface area contributed by atoms with Crippen molar-refractivity contribution in [2.75, 3.05) is 13.2 Å². The maximum atomic E-state index is 12.8. The van der Waals surface area contributed by atoms with Gasteiger partial charge in [0.05, 0.1) is 6.61 Å². The number of benzene rings is 2. The normalized spacial score (nSPS) is 17.0. The highest BCUT2D eigenvalue weighted by Gasteiger charge is 2.37. The van der Waals surface area contributed by atoms with Crippen molar-refractivity contribution in [1.29, 1.82) is 0 Å². The first-order valence-electron chi connectivity index (χ1n) is 9.77. The molecule has 152 valence electrons. The lowest BCUT2D eigenvalue weighted by molar-refractivity contribution is -0.156. The summed E-state index contributed by atoms with van der Waals surface area (Å²) in [6.45, 7) is 2.15. The molecular weight excluding hydrogens is 370 g/mol. The van der Waals surface area contributed by atoms with E-state index >= 15 is 0 Å². The highest BCUT2D eigenvalue weighted by atomic mass is 16.5. The number of ether oxygens (including phenoxy) is 2. The standard InChI is InChI=1S/C23H25NO5/c1-17(28-15-18-9-4-2-5-10-18)22(26)24-14-8-13-20(24)23(27)29-16-21(25)19-11-6-3-7-12-19/h2-7,9-12,17,20H,8,13-16H2,1H3/t17?,20-/m0/s1. The molecule has 6 nitrogen and oxygen atoms in total. The summed E-state index contributed by atoms with van der Waals surface area (Å²) in [6, 6.07) is 17.6. The monoisotopic (exact) mass is 395 g/mol. The second kappa shape index (κ2) is 9.98. The van der Waals surface area contributed by atoms with E-state index in [9.17, 15) is 14.4 Å². The number of esters is 1. The van der Waals surface area contributed by atoms with Crippen molar-refractivity contribution in [3.63, 3.8) is 0 Å². The SMILES string of the molecule is CC(OCc1ccccc1)C(=O)N1CCC[C@H]1C(=O)OCC(=O)c1ccccc1. The van der Waals surface area contributed by atoms with E-state index in [1.165, 1.54) is 4.90 Å². The van der Waals surface area contributed by atoms with Crippen LogP contribution in [0.1, 0.15) is 35.7 Å². The maximum Gasteiger partial charge on any atom is 0.329 e. The molecule has 1 unspecified atom stereocenters. The molecule has 2 aromatic rings. The van der Waals surface area contributed by atoms with Gasteiger partial charge in [0.15, 0.2) is 12.4 Å². The van der Waals surface area contributed by atoms with Crippen molar-refractivity contribution >= 4 is 17.7 Å². The van der Waals surface area contributed by atoms with Crippen molar-refractivity contribution in [2.45, 2.75) is 38.5 Å². The van der Waals surface area contributed by atoms with E-state index in [1.807, 2.05) is 36.4 Å². The Morgan fingerprint density at radius 2 is 1.69 bits per heavy atom. The van der Waals surface area contributed by atoms with Gasteiger partial charge in [0.2, 0.25) is 0 Å². The summed E-state index contributed by atoms with van der Waals surface area (Å²) >= 11 is 0. The molecule has 29 heavy (non-hydrogen) atoms. The zero-order valence-corrected chi connectivity index (χ0v) is 16.5. The van der Waals surface area contributed by atoms with Crippen LogP contribution in [0.5, 0.6) is 0 Å². The van der Waals surface area contributed by atoms with Gasteiger partial charge in [-0.3, -0.25) is 9.59 Å². The Kier molecular flexibility index (Phi) is 7.14. The summed E-state index contributed by atoms with van der Waals surface area (Å²) in [7, 11) is 0. The van der Waals surface area contributed by atoms with Crippen LogP contribution in [0, 0.1) is 0 Å². The summed E-state index contributed by atoms with van der Waals surface area (Å²) < 4.78 is 10.9. The topological polar surface area (TPSA) is 72.9 Å². The fraction of sp³-hybridized carbons (Fsp3) is 0.348. The van der Waals surface area contributed by atoms with Crippen LogP contribution in [-0.4, -0.2) is 47.9 Å². The highest BCUT2D eigenvalue weighted by Crippen LogP contribution is 2.21. The number of ketones is 1. The van der Waals surface area contributed by atoms with E-state index in [1.54, 1.807) is 31.2 Å². The molecule has 0 aliphatic carbocycles. The maximum absolute atomic E-state index is 12.8. The summed E-state index contributed by atoms with van der Waals surface area (Å²) in [5, 5.41) is 0. The second-order valence-corrected chi connectivity index (χ2v) is 7.03. The van der Waals surface area contributed by atoms with Gasteiger partial charge >= 0.3 is 5.97 Å². The zero-order chi connectivity index (χ0) is 20.6. The van der Waals surface area contributed by atoms with Crippen molar-refractivity contribution in [3.8, 4) is 0 Å². The molecule has 6 heteroatoms. The van der Waals surface area contributed by atoms with E-state index in [-0.39, 0.29) is 18.3 Å². The minimum Gasteiger partial charge on any atom is -0.456 e. The quantitative estimate of drug-likeness (QED) is 0.507. The van der Waals surface area contributed by atoms with Crippen molar-refractivity contribution < 1.29 is 23.9 Å². The van der Waals surface area contributed by atoms with Gasteiger partial charge in [0.1, 0.15) is 12.1 Å². The third kappa shape index (κ3) is 5.51. The lowest BCUT2D eigenvalue weighted by atomic mass is 10.1. The molecule has 1 amide bonds. The fourth-order valence-corrected chi connectivity index (χ4v) is 3.32. The largest absolute Gasteiger partial charge is 0.456 e. The lowest BCUT2D eigenvalue weighted by Gasteiger charge is -2.26. The van der Waals surface area contributed by atoms with Crippen molar-refractivity contribution in [1.82, 2.24) is 4.90 Å². The van der Waals surface area contributed by atoms with Gasteiger partial charge < -0.3 is 14.4 Å². The van der Waals surface area contributed by atoms with E-state index < -0.39 is 18.1 Å². The molecule has 1 saturated heterocycles. The predicted octanol–water partition coefficient (Wildman–Crippen LogP) is 3.01. The van der Waals surface area contributed by atoms with Crippen LogP contribution in [0.3, 0.4) is 0 Å². The molecule has 0 saturated carbocycles. The van der Waals surface area contributed by atoms with Gasteiger partial charge in [-0.1, -0.05) is 60.7 Å². The number of carbonyl (C=O) groups is 3. The number of Topliss-reactive ketones (excluding diaryl/α,β-unsaturated/α-hetero) is 1.